The molecular weight excluding hydrogens is 491 g/mol. The summed E-state index contributed by atoms with van der Waals surface area (Å²) in [6.07, 6.45) is 13.9. The molecule has 2 aliphatic heterocycles. The van der Waals surface area contributed by atoms with E-state index in [9.17, 15) is 0 Å². The van der Waals surface area contributed by atoms with Crippen LogP contribution in [0.25, 0.3) is 0 Å². The highest BCUT2D eigenvalue weighted by atomic mass is 127. The van der Waals surface area contributed by atoms with Gasteiger partial charge in [0.25, 0.3) is 0 Å². The summed E-state index contributed by atoms with van der Waals surface area (Å²) >= 11 is 0. The van der Waals surface area contributed by atoms with Crippen molar-refractivity contribution in [1.29, 1.82) is 0 Å². The maximum absolute atomic E-state index is 4.54. The second kappa shape index (κ2) is 11.1. The van der Waals surface area contributed by atoms with Crippen LogP contribution in [0.2, 0.25) is 0 Å². The zero-order valence-corrected chi connectivity index (χ0v) is 20.5. The van der Waals surface area contributed by atoms with E-state index < -0.39 is 0 Å². The van der Waals surface area contributed by atoms with E-state index in [0.717, 1.165) is 63.6 Å². The monoisotopic (exact) mass is 526 g/mol. The maximum atomic E-state index is 4.54. The number of imidazole rings is 1. The minimum Gasteiger partial charge on any atom is -0.356 e. The Morgan fingerprint density at radius 3 is 2.93 bits per heavy atom. The molecule has 166 valence electrons. The first-order valence-electron chi connectivity index (χ1n) is 11.1. The zero-order valence-electron chi connectivity index (χ0n) is 18.2. The quantitative estimate of drug-likeness (QED) is 0.281. The fourth-order valence-electron chi connectivity index (χ4n) is 4.60. The number of aryl methyl sites for hydroxylation is 2. The lowest BCUT2D eigenvalue weighted by Gasteiger charge is -2.39. The molecule has 9 heteroatoms. The number of nitrogens with one attached hydrogen (secondary N) is 1. The zero-order chi connectivity index (χ0) is 20.1. The molecule has 0 aromatic carbocycles. The van der Waals surface area contributed by atoms with Gasteiger partial charge < -0.3 is 19.4 Å². The van der Waals surface area contributed by atoms with Gasteiger partial charge in [0.2, 0.25) is 0 Å². The van der Waals surface area contributed by atoms with Crippen LogP contribution in [-0.4, -0.2) is 61.9 Å². The van der Waals surface area contributed by atoms with Gasteiger partial charge in [-0.3, -0.25) is 4.99 Å². The molecule has 1 N–H and O–H groups in total. The number of nitrogens with zero attached hydrogens (tertiary/aromatic N) is 7. The van der Waals surface area contributed by atoms with Gasteiger partial charge in [-0.15, -0.1) is 34.2 Å². The van der Waals surface area contributed by atoms with E-state index in [1.54, 1.807) is 0 Å². The fourth-order valence-corrected chi connectivity index (χ4v) is 4.60. The number of hydrogen-bond acceptors (Lipinski definition) is 4. The van der Waals surface area contributed by atoms with E-state index in [1.165, 1.54) is 25.1 Å². The van der Waals surface area contributed by atoms with Gasteiger partial charge in [-0.25, -0.2) is 4.98 Å². The molecule has 0 radical (unpaired) electrons. The van der Waals surface area contributed by atoms with E-state index in [-0.39, 0.29) is 24.0 Å². The number of aromatic nitrogens is 5. The van der Waals surface area contributed by atoms with Crippen molar-refractivity contribution < 1.29 is 0 Å². The van der Waals surface area contributed by atoms with Gasteiger partial charge in [0.15, 0.2) is 5.96 Å². The molecule has 0 amide bonds. The van der Waals surface area contributed by atoms with Crippen LogP contribution in [0.5, 0.6) is 0 Å². The normalized spacial score (nSPS) is 22.2. The minimum atomic E-state index is 0. The number of guanidine groups is 1. The van der Waals surface area contributed by atoms with Crippen LogP contribution in [0, 0.1) is 5.92 Å². The summed E-state index contributed by atoms with van der Waals surface area (Å²) < 4.78 is 4.59. The van der Waals surface area contributed by atoms with Crippen molar-refractivity contribution in [3.63, 3.8) is 0 Å². The third-order valence-corrected chi connectivity index (χ3v) is 6.38. The highest BCUT2D eigenvalue weighted by Gasteiger charge is 2.28. The molecule has 30 heavy (non-hydrogen) atoms. The summed E-state index contributed by atoms with van der Waals surface area (Å²) in [5, 5.41) is 12.4. The van der Waals surface area contributed by atoms with E-state index >= 15 is 0 Å². The van der Waals surface area contributed by atoms with Crippen molar-refractivity contribution in [2.45, 2.75) is 64.5 Å². The first kappa shape index (κ1) is 23.0. The Labute approximate surface area is 196 Å². The van der Waals surface area contributed by atoms with Gasteiger partial charge in [0.1, 0.15) is 11.6 Å². The third kappa shape index (κ3) is 5.33. The first-order valence-corrected chi connectivity index (χ1v) is 11.1. The SMILES string of the molecule is CN=C(NCCCc1nnc2n1CCCCC2)N1CCC(C)C(n2ccnc2)C1.I. The fraction of sp³-hybridized carbons (Fsp3) is 0.714. The van der Waals surface area contributed by atoms with Gasteiger partial charge >= 0.3 is 0 Å². The standard InChI is InChI=1S/C21H34N8.HI/c1-17-9-13-27(15-18(17)28-14-11-23-16-28)21(22-2)24-10-6-8-20-26-25-19-7-4-3-5-12-29(19)20;/h11,14,16-18H,3-10,12-13,15H2,1-2H3,(H,22,24);1H. The summed E-state index contributed by atoms with van der Waals surface area (Å²) in [5.41, 5.74) is 0. The lowest BCUT2D eigenvalue weighted by Crippen LogP contribution is -2.49. The number of piperidine rings is 1. The lowest BCUT2D eigenvalue weighted by molar-refractivity contribution is 0.189. The summed E-state index contributed by atoms with van der Waals surface area (Å²) in [7, 11) is 1.88. The molecule has 0 spiro atoms. The van der Waals surface area contributed by atoms with Crippen molar-refractivity contribution >= 4 is 29.9 Å². The number of fused-ring (bicyclic) bond motifs is 1. The molecule has 4 rings (SSSR count). The van der Waals surface area contributed by atoms with Crippen molar-refractivity contribution in [2.75, 3.05) is 26.7 Å². The number of rotatable bonds is 5. The van der Waals surface area contributed by atoms with Gasteiger partial charge in [-0.2, -0.15) is 0 Å². The molecule has 0 bridgehead atoms. The number of halogens is 1. The summed E-state index contributed by atoms with van der Waals surface area (Å²) in [6.45, 7) is 6.32. The highest BCUT2D eigenvalue weighted by molar-refractivity contribution is 14.0. The molecular formula is C21H35IN8. The summed E-state index contributed by atoms with van der Waals surface area (Å²) in [4.78, 5) is 11.2. The lowest BCUT2D eigenvalue weighted by atomic mass is 9.93. The predicted molar refractivity (Wildman–Crippen MR) is 129 cm³/mol. The number of hydrogen-bond donors (Lipinski definition) is 1. The minimum absolute atomic E-state index is 0. The van der Waals surface area contributed by atoms with Gasteiger partial charge in [0.05, 0.1) is 12.4 Å². The molecule has 2 unspecified atom stereocenters. The van der Waals surface area contributed by atoms with Crippen LogP contribution in [0.4, 0.5) is 0 Å². The van der Waals surface area contributed by atoms with Crippen LogP contribution in [0.1, 0.15) is 56.7 Å². The van der Waals surface area contributed by atoms with Crippen LogP contribution >= 0.6 is 24.0 Å². The Morgan fingerprint density at radius 2 is 2.13 bits per heavy atom. The van der Waals surface area contributed by atoms with Gasteiger partial charge in [-0.05, 0) is 31.6 Å². The summed E-state index contributed by atoms with van der Waals surface area (Å²) in [6, 6.07) is 0.441. The van der Waals surface area contributed by atoms with Crippen LogP contribution in [-0.2, 0) is 19.4 Å². The Morgan fingerprint density at radius 1 is 1.23 bits per heavy atom. The number of aliphatic imine (C=N–C) groups is 1. The van der Waals surface area contributed by atoms with E-state index in [1.807, 2.05) is 19.6 Å². The second-order valence-electron chi connectivity index (χ2n) is 8.36. The predicted octanol–water partition coefficient (Wildman–Crippen LogP) is 2.91. The van der Waals surface area contributed by atoms with Crippen molar-refractivity contribution in [2.24, 2.45) is 10.9 Å². The van der Waals surface area contributed by atoms with Crippen LogP contribution in [0.15, 0.2) is 23.7 Å². The van der Waals surface area contributed by atoms with Crippen LogP contribution < -0.4 is 5.32 Å². The summed E-state index contributed by atoms with van der Waals surface area (Å²) in [5.74, 6) is 3.96. The van der Waals surface area contributed by atoms with Crippen molar-refractivity contribution in [1.82, 2.24) is 34.5 Å². The molecule has 0 saturated carbocycles. The largest absolute Gasteiger partial charge is 0.356 e. The molecule has 8 nitrogen and oxygen atoms in total. The average Bonchev–Trinajstić information content (AvgIpc) is 3.34. The molecule has 0 aliphatic carbocycles. The van der Waals surface area contributed by atoms with E-state index in [2.05, 4.69) is 52.6 Å². The Hall–Kier alpha value is -1.65. The van der Waals surface area contributed by atoms with Crippen LogP contribution in [0.3, 0.4) is 0 Å². The smallest absolute Gasteiger partial charge is 0.193 e. The van der Waals surface area contributed by atoms with Gasteiger partial charge in [-0.1, -0.05) is 13.3 Å². The molecule has 2 aromatic rings. The molecule has 1 saturated heterocycles. The Balaban J connectivity index is 0.00000256. The molecule has 2 aromatic heterocycles. The van der Waals surface area contributed by atoms with Crippen molar-refractivity contribution in [3.8, 4) is 0 Å². The molecule has 1 fully saturated rings. The Bertz CT molecular complexity index is 800. The number of likely N-dealkylation sites (tertiary alicyclic amines) is 1. The van der Waals surface area contributed by atoms with Gasteiger partial charge in [0, 0.05) is 58.5 Å². The molecule has 4 heterocycles. The van der Waals surface area contributed by atoms with Crippen molar-refractivity contribution in [3.05, 3.63) is 30.4 Å². The first-order chi connectivity index (χ1) is 14.3. The van der Waals surface area contributed by atoms with E-state index in [4.69, 9.17) is 0 Å². The third-order valence-electron chi connectivity index (χ3n) is 6.38. The highest BCUT2D eigenvalue weighted by Crippen LogP contribution is 2.27. The maximum Gasteiger partial charge on any atom is 0.193 e. The molecule has 2 aliphatic rings. The average molecular weight is 526 g/mol. The topological polar surface area (TPSA) is 76.2 Å². The second-order valence-corrected chi connectivity index (χ2v) is 8.36. The molecule has 2 atom stereocenters. The Kier molecular flexibility index (Phi) is 8.52. The van der Waals surface area contributed by atoms with E-state index in [0.29, 0.717) is 12.0 Å².